The smallest absolute Gasteiger partial charge is 0.387 e. The first-order chi connectivity index (χ1) is 9.61. The maximum Gasteiger partial charge on any atom is 0.387 e. The van der Waals surface area contributed by atoms with E-state index in [1.54, 1.807) is 18.2 Å². The average Bonchev–Trinajstić information content (AvgIpc) is 2.46. The zero-order valence-electron chi connectivity index (χ0n) is 11.9. The molecule has 1 aliphatic carbocycles. The topological polar surface area (TPSA) is 35.2 Å². The molecule has 1 aliphatic rings. The quantitative estimate of drug-likeness (QED) is 0.863. The van der Waals surface area contributed by atoms with Crippen LogP contribution in [0.4, 0.5) is 8.78 Å². The van der Waals surface area contributed by atoms with Crippen LogP contribution >= 0.6 is 0 Å². The number of hydrogen-bond donors (Lipinski definition) is 1. The molecule has 0 radical (unpaired) electrons. The normalized spacial score (nSPS) is 24.6. The third kappa shape index (κ3) is 3.69. The molecule has 2 nitrogen and oxygen atoms in total. The second-order valence-corrected chi connectivity index (χ2v) is 5.59. The maximum absolute atomic E-state index is 12.3. The molecule has 0 amide bonds. The Morgan fingerprint density at radius 3 is 2.75 bits per heavy atom. The predicted octanol–water partition coefficient (Wildman–Crippen LogP) is 4.50. The molecule has 4 heteroatoms. The summed E-state index contributed by atoms with van der Waals surface area (Å²) in [6.07, 6.45) is 5.96. The zero-order chi connectivity index (χ0) is 14.5. The fraction of sp³-hybridized carbons (Fsp3) is 0.625. The number of hydrogen-bond acceptors (Lipinski definition) is 2. The summed E-state index contributed by atoms with van der Waals surface area (Å²) in [6.45, 7) is -0.592. The molecule has 0 saturated heterocycles. The monoisotopic (exact) mass is 283 g/mol. The van der Waals surface area contributed by atoms with E-state index in [4.69, 9.17) is 5.73 Å². The van der Waals surface area contributed by atoms with Crippen molar-refractivity contribution in [2.45, 2.75) is 51.7 Å². The van der Waals surface area contributed by atoms with Gasteiger partial charge in [0.1, 0.15) is 5.75 Å². The average molecular weight is 283 g/mol. The Labute approximate surface area is 119 Å². The van der Waals surface area contributed by atoms with Gasteiger partial charge in [-0.1, -0.05) is 44.7 Å². The number of rotatable bonds is 5. The molecule has 3 unspecified atom stereocenters. The van der Waals surface area contributed by atoms with Gasteiger partial charge in [-0.05, 0) is 36.0 Å². The van der Waals surface area contributed by atoms with Gasteiger partial charge in [-0.2, -0.15) is 8.78 Å². The summed E-state index contributed by atoms with van der Waals surface area (Å²) in [4.78, 5) is 0. The maximum atomic E-state index is 12.3. The lowest BCUT2D eigenvalue weighted by atomic mass is 9.72. The SMILES string of the molecule is CCC1CCCCC1C(N)c1cccc(OC(F)F)c1. The van der Waals surface area contributed by atoms with Crippen LogP contribution in [-0.4, -0.2) is 6.61 Å². The minimum Gasteiger partial charge on any atom is -0.435 e. The van der Waals surface area contributed by atoms with Gasteiger partial charge in [0.2, 0.25) is 0 Å². The van der Waals surface area contributed by atoms with E-state index in [0.29, 0.717) is 11.8 Å². The lowest BCUT2D eigenvalue weighted by Gasteiger charge is -2.35. The van der Waals surface area contributed by atoms with Gasteiger partial charge in [0.15, 0.2) is 0 Å². The van der Waals surface area contributed by atoms with E-state index in [2.05, 4.69) is 11.7 Å². The number of halogens is 2. The molecule has 0 aliphatic heterocycles. The first-order valence-electron chi connectivity index (χ1n) is 7.42. The van der Waals surface area contributed by atoms with Crippen LogP contribution in [0, 0.1) is 11.8 Å². The van der Waals surface area contributed by atoms with Crippen LogP contribution < -0.4 is 10.5 Å². The van der Waals surface area contributed by atoms with Gasteiger partial charge in [0.05, 0.1) is 0 Å². The molecular formula is C16H23F2NO. The number of nitrogens with two attached hydrogens (primary N) is 1. The highest BCUT2D eigenvalue weighted by molar-refractivity contribution is 5.31. The van der Waals surface area contributed by atoms with Crippen molar-refractivity contribution in [2.24, 2.45) is 17.6 Å². The first-order valence-corrected chi connectivity index (χ1v) is 7.42. The van der Waals surface area contributed by atoms with Gasteiger partial charge < -0.3 is 10.5 Å². The van der Waals surface area contributed by atoms with Crippen molar-refractivity contribution in [3.05, 3.63) is 29.8 Å². The lowest BCUT2D eigenvalue weighted by molar-refractivity contribution is -0.0499. The Morgan fingerprint density at radius 1 is 1.30 bits per heavy atom. The summed E-state index contributed by atoms with van der Waals surface area (Å²) >= 11 is 0. The molecule has 0 aromatic heterocycles. The molecule has 1 saturated carbocycles. The van der Waals surface area contributed by atoms with Gasteiger partial charge in [0, 0.05) is 6.04 Å². The fourth-order valence-electron chi connectivity index (χ4n) is 3.36. The van der Waals surface area contributed by atoms with E-state index in [-0.39, 0.29) is 11.8 Å². The fourth-order valence-corrected chi connectivity index (χ4v) is 3.36. The molecule has 0 heterocycles. The van der Waals surface area contributed by atoms with Gasteiger partial charge in [-0.3, -0.25) is 0 Å². The Bertz CT molecular complexity index is 425. The summed E-state index contributed by atoms with van der Waals surface area (Å²) in [5.41, 5.74) is 7.29. The Morgan fingerprint density at radius 2 is 2.05 bits per heavy atom. The van der Waals surface area contributed by atoms with E-state index >= 15 is 0 Å². The second kappa shape index (κ2) is 7.02. The summed E-state index contributed by atoms with van der Waals surface area (Å²) in [5, 5.41) is 0. The van der Waals surface area contributed by atoms with Crippen molar-refractivity contribution in [1.82, 2.24) is 0 Å². The van der Waals surface area contributed by atoms with Gasteiger partial charge >= 0.3 is 6.61 Å². The van der Waals surface area contributed by atoms with Crippen molar-refractivity contribution in [1.29, 1.82) is 0 Å². The van der Waals surface area contributed by atoms with Crippen molar-refractivity contribution in [3.63, 3.8) is 0 Å². The van der Waals surface area contributed by atoms with Crippen molar-refractivity contribution >= 4 is 0 Å². The third-order valence-electron chi connectivity index (χ3n) is 4.42. The molecule has 3 atom stereocenters. The van der Waals surface area contributed by atoms with Crippen LogP contribution in [0.2, 0.25) is 0 Å². The predicted molar refractivity (Wildman–Crippen MR) is 75.7 cm³/mol. The summed E-state index contributed by atoms with van der Waals surface area (Å²) in [7, 11) is 0. The van der Waals surface area contributed by atoms with Crippen molar-refractivity contribution in [3.8, 4) is 5.75 Å². The molecule has 112 valence electrons. The molecule has 1 fully saturated rings. The molecule has 0 spiro atoms. The van der Waals surface area contributed by atoms with E-state index < -0.39 is 6.61 Å². The molecule has 2 rings (SSSR count). The van der Waals surface area contributed by atoms with Crippen LogP contribution in [0.5, 0.6) is 5.75 Å². The number of alkyl halides is 2. The van der Waals surface area contributed by atoms with Gasteiger partial charge in [-0.15, -0.1) is 0 Å². The van der Waals surface area contributed by atoms with Gasteiger partial charge in [-0.25, -0.2) is 0 Å². The lowest BCUT2D eigenvalue weighted by Crippen LogP contribution is -2.30. The minimum atomic E-state index is -2.79. The number of benzene rings is 1. The molecule has 1 aromatic rings. The highest BCUT2D eigenvalue weighted by atomic mass is 19.3. The van der Waals surface area contributed by atoms with E-state index in [0.717, 1.165) is 18.4 Å². The van der Waals surface area contributed by atoms with Crippen LogP contribution in [0.3, 0.4) is 0 Å². The Hall–Kier alpha value is -1.16. The van der Waals surface area contributed by atoms with E-state index in [1.165, 1.54) is 19.3 Å². The highest BCUT2D eigenvalue weighted by Gasteiger charge is 2.29. The second-order valence-electron chi connectivity index (χ2n) is 5.59. The summed E-state index contributed by atoms with van der Waals surface area (Å²) < 4.78 is 29.0. The Balaban J connectivity index is 2.12. The Kier molecular flexibility index (Phi) is 5.35. The van der Waals surface area contributed by atoms with Gasteiger partial charge in [0.25, 0.3) is 0 Å². The molecule has 1 aromatic carbocycles. The van der Waals surface area contributed by atoms with Crippen molar-refractivity contribution in [2.75, 3.05) is 0 Å². The van der Waals surface area contributed by atoms with E-state index in [9.17, 15) is 8.78 Å². The standard InChI is InChI=1S/C16H23F2NO/c1-2-11-6-3-4-9-14(11)15(19)12-7-5-8-13(10-12)20-16(17)18/h5,7-8,10-11,14-16H,2-4,6,9,19H2,1H3. The van der Waals surface area contributed by atoms with Crippen LogP contribution in [0.1, 0.15) is 50.6 Å². The molecule has 0 bridgehead atoms. The summed E-state index contributed by atoms with van der Waals surface area (Å²) in [5.74, 6) is 1.27. The zero-order valence-corrected chi connectivity index (χ0v) is 11.9. The number of ether oxygens (including phenoxy) is 1. The third-order valence-corrected chi connectivity index (χ3v) is 4.42. The molecule has 2 N–H and O–H groups in total. The van der Waals surface area contributed by atoms with Crippen molar-refractivity contribution < 1.29 is 13.5 Å². The molecular weight excluding hydrogens is 260 g/mol. The largest absolute Gasteiger partial charge is 0.435 e. The van der Waals surface area contributed by atoms with Crippen LogP contribution in [0.15, 0.2) is 24.3 Å². The van der Waals surface area contributed by atoms with Crippen LogP contribution in [0.25, 0.3) is 0 Å². The summed E-state index contributed by atoms with van der Waals surface area (Å²) in [6, 6.07) is 6.74. The van der Waals surface area contributed by atoms with Crippen LogP contribution in [-0.2, 0) is 0 Å². The molecule has 20 heavy (non-hydrogen) atoms. The first kappa shape index (κ1) is 15.2. The minimum absolute atomic E-state index is 0.0959. The highest BCUT2D eigenvalue weighted by Crippen LogP contribution is 2.39. The van der Waals surface area contributed by atoms with E-state index in [1.807, 2.05) is 6.07 Å².